The highest BCUT2D eigenvalue weighted by Gasteiger charge is 2.03. The maximum Gasteiger partial charge on any atom is 0.243 e. The van der Waals surface area contributed by atoms with Gasteiger partial charge in [-0.1, -0.05) is 5.16 Å². The fourth-order valence-corrected chi connectivity index (χ4v) is 1.84. The molecule has 0 saturated carbocycles. The van der Waals surface area contributed by atoms with Crippen molar-refractivity contribution in [2.24, 2.45) is 12.2 Å². The van der Waals surface area contributed by atoms with Crippen molar-refractivity contribution in [1.82, 2.24) is 4.57 Å². The standard InChI is InChI=1S/C13H17N4O.2BrH/c1-15-9-10-17(12-15)6-2-5-16-7-3-13(4-8-16)11-14-18;;/h3-4,7-12H,2,5-6H2,1H3;2*1H/q+1;;/p-1. The topological polar surface area (TPSA) is 45.3 Å². The van der Waals surface area contributed by atoms with Crippen molar-refractivity contribution in [3.63, 3.8) is 0 Å². The van der Waals surface area contributed by atoms with Crippen LogP contribution in [0, 0.1) is 0 Å². The molecule has 0 fully saturated rings. The van der Waals surface area contributed by atoms with Gasteiger partial charge in [-0.25, -0.2) is 13.7 Å². The average Bonchev–Trinajstić information content (AvgIpc) is 2.78. The zero-order chi connectivity index (χ0) is 12.8. The molecular weight excluding hydrogens is 388 g/mol. The number of imidazole rings is 1. The second-order valence-corrected chi connectivity index (χ2v) is 4.28. The Balaban J connectivity index is 0.00000180. The lowest BCUT2D eigenvalue weighted by atomic mass is 10.3. The van der Waals surface area contributed by atoms with Crippen molar-refractivity contribution in [2.45, 2.75) is 19.5 Å². The molecule has 0 spiro atoms. The van der Waals surface area contributed by atoms with Crippen molar-refractivity contribution < 1.29 is 48.3 Å². The van der Waals surface area contributed by atoms with Gasteiger partial charge in [0, 0.05) is 24.1 Å². The monoisotopic (exact) mass is 404 g/mol. The molecular formula is C13H18Br2N4O. The molecule has 0 bridgehead atoms. The van der Waals surface area contributed by atoms with E-state index < -0.39 is 0 Å². The van der Waals surface area contributed by atoms with Crippen LogP contribution in [0.5, 0.6) is 0 Å². The lowest BCUT2D eigenvalue weighted by Gasteiger charge is -1.96. The van der Waals surface area contributed by atoms with Gasteiger partial charge in [0.1, 0.15) is 12.4 Å². The van der Waals surface area contributed by atoms with Gasteiger partial charge >= 0.3 is 0 Å². The van der Waals surface area contributed by atoms with Crippen LogP contribution in [0.3, 0.4) is 0 Å². The fourth-order valence-electron chi connectivity index (χ4n) is 1.84. The van der Waals surface area contributed by atoms with Crippen LogP contribution in [-0.2, 0) is 20.1 Å². The molecule has 0 aliphatic rings. The number of aryl methyl sites for hydroxylation is 3. The number of hydrogen-bond donors (Lipinski definition) is 1. The predicted molar refractivity (Wildman–Crippen MR) is 66.2 cm³/mol. The number of aromatic nitrogens is 3. The molecule has 0 radical (unpaired) electrons. The molecule has 0 aliphatic heterocycles. The fraction of sp³-hybridized carbons (Fsp3) is 0.308. The predicted octanol–water partition coefficient (Wildman–Crippen LogP) is -5.49. The van der Waals surface area contributed by atoms with E-state index in [1.807, 2.05) is 42.3 Å². The molecule has 2 aromatic heterocycles. The molecule has 2 heterocycles. The van der Waals surface area contributed by atoms with E-state index in [2.05, 4.69) is 26.8 Å². The molecule has 0 aliphatic carbocycles. The second-order valence-electron chi connectivity index (χ2n) is 4.28. The maximum absolute atomic E-state index is 8.42. The van der Waals surface area contributed by atoms with E-state index in [0.717, 1.165) is 25.1 Å². The van der Waals surface area contributed by atoms with Gasteiger partial charge in [-0.05, 0) is 0 Å². The van der Waals surface area contributed by atoms with E-state index in [9.17, 15) is 0 Å². The Morgan fingerprint density at radius 1 is 1.25 bits per heavy atom. The first-order valence-electron chi connectivity index (χ1n) is 5.95. The molecule has 1 N–H and O–H groups in total. The summed E-state index contributed by atoms with van der Waals surface area (Å²) in [6, 6.07) is 3.85. The molecule has 0 amide bonds. The normalized spacial score (nSPS) is 10.1. The van der Waals surface area contributed by atoms with Crippen LogP contribution in [0.1, 0.15) is 12.0 Å². The van der Waals surface area contributed by atoms with Crippen LogP contribution in [-0.4, -0.2) is 16.0 Å². The minimum atomic E-state index is 0. The van der Waals surface area contributed by atoms with Gasteiger partial charge in [-0.3, -0.25) is 0 Å². The molecule has 20 heavy (non-hydrogen) atoms. The summed E-state index contributed by atoms with van der Waals surface area (Å²) in [6.45, 7) is 1.98. The Morgan fingerprint density at radius 3 is 2.50 bits per heavy atom. The molecule has 110 valence electrons. The molecule has 2 aromatic rings. The van der Waals surface area contributed by atoms with Gasteiger partial charge < -0.3 is 39.2 Å². The molecule has 2 rings (SSSR count). The molecule has 5 nitrogen and oxygen atoms in total. The Labute approximate surface area is 139 Å². The molecule has 0 atom stereocenters. The first kappa shape index (κ1) is 18.8. The van der Waals surface area contributed by atoms with Crippen LogP contribution in [0.15, 0.2) is 48.4 Å². The van der Waals surface area contributed by atoms with Gasteiger partial charge in [0.25, 0.3) is 0 Å². The largest absolute Gasteiger partial charge is 1.00 e. The summed E-state index contributed by atoms with van der Waals surface area (Å²) in [6.07, 6.45) is 12.7. The highest BCUT2D eigenvalue weighted by molar-refractivity contribution is 5.78. The zero-order valence-electron chi connectivity index (χ0n) is 11.2. The third-order valence-electron chi connectivity index (χ3n) is 2.78. The number of hydrogen-bond acceptors (Lipinski definition) is 2. The maximum atomic E-state index is 8.42. The number of nitrogens with zero attached hydrogens (tertiary/aromatic N) is 4. The summed E-state index contributed by atoms with van der Waals surface area (Å²) in [4.78, 5) is 0. The summed E-state index contributed by atoms with van der Waals surface area (Å²) < 4.78 is 6.34. The first-order valence-corrected chi connectivity index (χ1v) is 5.95. The lowest BCUT2D eigenvalue weighted by Crippen LogP contribution is -3.00. The van der Waals surface area contributed by atoms with Crippen LogP contribution >= 0.6 is 0 Å². The quantitative estimate of drug-likeness (QED) is 0.229. The third-order valence-corrected chi connectivity index (χ3v) is 2.78. The van der Waals surface area contributed by atoms with Crippen molar-refractivity contribution in [2.75, 3.05) is 0 Å². The number of rotatable bonds is 5. The van der Waals surface area contributed by atoms with E-state index in [0.29, 0.717) is 0 Å². The second kappa shape index (κ2) is 9.66. The number of halogens is 2. The van der Waals surface area contributed by atoms with Crippen molar-refractivity contribution in [1.29, 1.82) is 0 Å². The molecule has 0 saturated heterocycles. The van der Waals surface area contributed by atoms with Crippen LogP contribution in [0.2, 0.25) is 0 Å². The minimum Gasteiger partial charge on any atom is -1.00 e. The minimum absolute atomic E-state index is 0. The summed E-state index contributed by atoms with van der Waals surface area (Å²) in [5.41, 5.74) is 0.895. The van der Waals surface area contributed by atoms with Gasteiger partial charge in [-0.2, -0.15) is 0 Å². The smallest absolute Gasteiger partial charge is 0.243 e. The SMILES string of the molecule is C[n+]1ccn(CCC[n+]2ccc(C=NO)cc2)c1.[Br-].[Br-]. The lowest BCUT2D eigenvalue weighted by molar-refractivity contribution is -0.697. The number of pyridine rings is 1. The van der Waals surface area contributed by atoms with E-state index in [1.54, 1.807) is 0 Å². The Kier molecular flexibility index (Phi) is 9.07. The highest BCUT2D eigenvalue weighted by atomic mass is 79.9. The van der Waals surface area contributed by atoms with E-state index in [4.69, 9.17) is 5.21 Å². The van der Waals surface area contributed by atoms with Crippen LogP contribution in [0.25, 0.3) is 0 Å². The summed E-state index contributed by atoms with van der Waals surface area (Å²) in [5, 5.41) is 11.4. The Hall–Kier alpha value is -1.21. The van der Waals surface area contributed by atoms with E-state index >= 15 is 0 Å². The number of oxime groups is 1. The summed E-state index contributed by atoms with van der Waals surface area (Å²) in [5.74, 6) is 0. The third kappa shape index (κ3) is 5.83. The average molecular weight is 406 g/mol. The van der Waals surface area contributed by atoms with Crippen LogP contribution in [0.4, 0.5) is 0 Å². The van der Waals surface area contributed by atoms with Crippen molar-refractivity contribution in [3.05, 3.63) is 48.8 Å². The Morgan fingerprint density at radius 2 is 1.95 bits per heavy atom. The first-order chi connectivity index (χ1) is 8.78. The Bertz CT molecular complexity index is 525. The van der Waals surface area contributed by atoms with Crippen molar-refractivity contribution in [3.8, 4) is 0 Å². The van der Waals surface area contributed by atoms with Gasteiger partial charge in [0.05, 0.1) is 19.8 Å². The van der Waals surface area contributed by atoms with Gasteiger partial charge in [0.2, 0.25) is 6.33 Å². The van der Waals surface area contributed by atoms with Gasteiger partial charge in [0.15, 0.2) is 18.9 Å². The highest BCUT2D eigenvalue weighted by Crippen LogP contribution is 1.92. The molecule has 0 unspecified atom stereocenters. The summed E-state index contributed by atoms with van der Waals surface area (Å²) >= 11 is 0. The summed E-state index contributed by atoms with van der Waals surface area (Å²) in [7, 11) is 2.02. The van der Waals surface area contributed by atoms with Crippen molar-refractivity contribution >= 4 is 6.21 Å². The molecule has 7 heteroatoms. The van der Waals surface area contributed by atoms with Gasteiger partial charge in [-0.15, -0.1) is 0 Å². The molecule has 0 aromatic carbocycles. The zero-order valence-corrected chi connectivity index (χ0v) is 14.4. The van der Waals surface area contributed by atoms with E-state index in [-0.39, 0.29) is 34.0 Å². The van der Waals surface area contributed by atoms with E-state index in [1.165, 1.54) is 6.21 Å². The van der Waals surface area contributed by atoms with Crippen LogP contribution < -0.4 is 43.1 Å².